The number of carbonyl (C=O) groups excluding carboxylic acids is 1. The van der Waals surface area contributed by atoms with Gasteiger partial charge in [0.05, 0.1) is 0 Å². The summed E-state index contributed by atoms with van der Waals surface area (Å²) < 4.78 is 5.46. The molecule has 3 unspecified atom stereocenters. The minimum Gasteiger partial charge on any atom is -0.458 e. The summed E-state index contributed by atoms with van der Waals surface area (Å²) in [7, 11) is 0. The lowest BCUT2D eigenvalue weighted by Gasteiger charge is -2.41. The van der Waals surface area contributed by atoms with Gasteiger partial charge in [0.25, 0.3) is 0 Å². The maximum Gasteiger partial charge on any atom is 0.303 e. The van der Waals surface area contributed by atoms with Crippen molar-refractivity contribution in [3.63, 3.8) is 0 Å². The van der Waals surface area contributed by atoms with E-state index in [9.17, 15) is 9.90 Å². The summed E-state index contributed by atoms with van der Waals surface area (Å²) in [5, 5.41) is 9.80. The Morgan fingerprint density at radius 3 is 2.84 bits per heavy atom. The van der Waals surface area contributed by atoms with E-state index in [0.717, 1.165) is 50.5 Å². The highest BCUT2D eigenvalue weighted by Crippen LogP contribution is 2.55. The van der Waals surface area contributed by atoms with Gasteiger partial charge in [-0.2, -0.15) is 0 Å². The number of rotatable bonds is 4. The maximum absolute atomic E-state index is 11.4. The molecule has 0 heterocycles. The molecule has 3 aliphatic rings. The van der Waals surface area contributed by atoms with Gasteiger partial charge in [0.15, 0.2) is 0 Å². The molecule has 0 amide bonds. The van der Waals surface area contributed by atoms with Crippen molar-refractivity contribution in [2.24, 2.45) is 11.3 Å². The van der Waals surface area contributed by atoms with Crippen LogP contribution in [0.25, 0.3) is 0 Å². The van der Waals surface area contributed by atoms with Crippen LogP contribution in [-0.2, 0) is 9.53 Å². The fourth-order valence-corrected chi connectivity index (χ4v) is 5.52. The molecule has 3 atom stereocenters. The van der Waals surface area contributed by atoms with E-state index in [1.165, 1.54) is 36.5 Å². The quantitative estimate of drug-likeness (QED) is 0.333. The Bertz CT molecular complexity index is 868. The topological polar surface area (TPSA) is 46.5 Å². The van der Waals surface area contributed by atoms with Crippen molar-refractivity contribution in [3.05, 3.63) is 47.1 Å². The molecular weight excluding hydrogens is 384 g/mol. The van der Waals surface area contributed by atoms with Crippen molar-refractivity contribution in [2.45, 2.75) is 97.2 Å². The molecule has 3 aliphatic carbocycles. The van der Waals surface area contributed by atoms with Crippen LogP contribution >= 0.6 is 0 Å². The highest BCUT2D eigenvalue weighted by atomic mass is 16.5. The molecule has 3 nitrogen and oxygen atoms in total. The first kappa shape index (κ1) is 23.6. The summed E-state index contributed by atoms with van der Waals surface area (Å²) in [6.45, 7) is 11.6. The second kappa shape index (κ2) is 9.61. The van der Waals surface area contributed by atoms with Gasteiger partial charge in [-0.1, -0.05) is 54.7 Å². The highest BCUT2D eigenvalue weighted by molar-refractivity contribution is 5.66. The van der Waals surface area contributed by atoms with E-state index in [4.69, 9.17) is 4.74 Å². The molecule has 0 aromatic rings. The average molecular weight is 423 g/mol. The molecule has 2 fully saturated rings. The molecule has 31 heavy (non-hydrogen) atoms. The summed E-state index contributed by atoms with van der Waals surface area (Å²) in [4.78, 5) is 11.4. The molecule has 2 saturated carbocycles. The van der Waals surface area contributed by atoms with Crippen molar-refractivity contribution in [1.82, 2.24) is 0 Å². The second-order valence-electron chi connectivity index (χ2n) is 10.1. The minimum atomic E-state index is -0.914. The predicted octanol–water partition coefficient (Wildman–Crippen LogP) is 6.20. The zero-order valence-electron chi connectivity index (χ0n) is 19.7. The largest absolute Gasteiger partial charge is 0.458 e. The lowest BCUT2D eigenvalue weighted by molar-refractivity contribution is -0.145. The molecule has 0 aromatic carbocycles. The zero-order chi connectivity index (χ0) is 22.6. The number of carbonyl (C=O) groups is 1. The van der Waals surface area contributed by atoms with E-state index in [0.29, 0.717) is 5.92 Å². The monoisotopic (exact) mass is 422 g/mol. The number of ether oxygens (including phenoxy) is 1. The van der Waals surface area contributed by atoms with Crippen LogP contribution in [0.3, 0.4) is 0 Å². The minimum absolute atomic E-state index is 0.169. The normalized spacial score (nSPS) is 31.1. The van der Waals surface area contributed by atoms with Crippen LogP contribution in [-0.4, -0.2) is 22.8 Å². The van der Waals surface area contributed by atoms with Gasteiger partial charge in [-0.05, 0) is 87.7 Å². The number of allylic oxidation sites excluding steroid dienone is 5. The van der Waals surface area contributed by atoms with Gasteiger partial charge in [0.2, 0.25) is 0 Å². The summed E-state index contributed by atoms with van der Waals surface area (Å²) in [5.74, 6) is 6.43. The molecule has 3 rings (SSSR count). The third-order valence-corrected chi connectivity index (χ3v) is 7.15. The first-order valence-corrected chi connectivity index (χ1v) is 11.8. The Balaban J connectivity index is 1.69. The number of hydrogen-bond donors (Lipinski definition) is 1. The third-order valence-electron chi connectivity index (χ3n) is 7.15. The Labute approximate surface area is 188 Å². The van der Waals surface area contributed by atoms with Gasteiger partial charge >= 0.3 is 5.97 Å². The molecule has 0 aromatic heterocycles. The number of fused-ring (bicyclic) bond motifs is 1. The zero-order valence-corrected chi connectivity index (χ0v) is 19.7. The number of esters is 1. The van der Waals surface area contributed by atoms with Gasteiger partial charge in [-0.3, -0.25) is 4.79 Å². The standard InChI is InChI=1S/C28H38O3/c1-20-22(10-8-13-26(20)31-21(2)29)14-15-23-11-9-19-28(5)24(16-17-25(23)28)12-6-7-18-27(3,4)30/h14-16,25-26,30H,1,6,8-13,17,19H2,2-5H3/b22-14-,23-15+. The van der Waals surface area contributed by atoms with Gasteiger partial charge in [0, 0.05) is 13.3 Å². The molecule has 0 radical (unpaired) electrons. The van der Waals surface area contributed by atoms with Crippen molar-refractivity contribution in [2.75, 3.05) is 0 Å². The van der Waals surface area contributed by atoms with Crippen LogP contribution in [0, 0.1) is 23.2 Å². The fourth-order valence-electron chi connectivity index (χ4n) is 5.52. The lowest BCUT2D eigenvalue weighted by Crippen LogP contribution is -2.30. The Morgan fingerprint density at radius 2 is 2.13 bits per heavy atom. The van der Waals surface area contributed by atoms with E-state index >= 15 is 0 Å². The van der Waals surface area contributed by atoms with Crippen LogP contribution in [0.4, 0.5) is 0 Å². The maximum atomic E-state index is 11.4. The van der Waals surface area contributed by atoms with Crippen LogP contribution in [0.5, 0.6) is 0 Å². The Hall–Kier alpha value is -2.05. The molecular formula is C28H38O3. The lowest BCUT2D eigenvalue weighted by atomic mass is 9.63. The van der Waals surface area contributed by atoms with Crippen LogP contribution in [0.15, 0.2) is 47.1 Å². The summed E-state index contributed by atoms with van der Waals surface area (Å²) in [6, 6.07) is 0. The van der Waals surface area contributed by atoms with E-state index < -0.39 is 5.60 Å². The van der Waals surface area contributed by atoms with Crippen molar-refractivity contribution in [3.8, 4) is 11.8 Å². The Kier molecular flexibility index (Phi) is 7.32. The second-order valence-corrected chi connectivity index (χ2v) is 10.1. The molecule has 0 spiro atoms. The van der Waals surface area contributed by atoms with E-state index in [1.54, 1.807) is 13.8 Å². The molecule has 0 aliphatic heterocycles. The van der Waals surface area contributed by atoms with Gasteiger partial charge < -0.3 is 9.84 Å². The fraction of sp³-hybridized carbons (Fsp3) is 0.607. The predicted molar refractivity (Wildman–Crippen MR) is 126 cm³/mol. The van der Waals surface area contributed by atoms with Crippen LogP contribution in [0.2, 0.25) is 0 Å². The molecule has 1 N–H and O–H groups in total. The van der Waals surface area contributed by atoms with Crippen LogP contribution in [0.1, 0.15) is 85.5 Å². The number of aliphatic hydroxyl groups is 1. The smallest absolute Gasteiger partial charge is 0.303 e. The molecule has 0 saturated heterocycles. The first-order chi connectivity index (χ1) is 14.6. The third kappa shape index (κ3) is 5.80. The Morgan fingerprint density at radius 1 is 1.35 bits per heavy atom. The summed E-state index contributed by atoms with van der Waals surface area (Å²) in [5.41, 5.74) is 4.58. The van der Waals surface area contributed by atoms with Crippen molar-refractivity contribution >= 4 is 5.97 Å². The van der Waals surface area contributed by atoms with Gasteiger partial charge in [-0.15, -0.1) is 0 Å². The SMILES string of the molecule is C=C1/C(=C\C=C2/CCCC3(C)C(CCC#CC(C)(C)O)=CCC23)CCCC1OC(C)=O. The summed E-state index contributed by atoms with van der Waals surface area (Å²) in [6.07, 6.45) is 16.3. The van der Waals surface area contributed by atoms with E-state index in [1.807, 2.05) is 0 Å². The average Bonchev–Trinajstić information content (AvgIpc) is 3.01. The molecule has 0 bridgehead atoms. The van der Waals surface area contributed by atoms with E-state index in [2.05, 4.69) is 43.6 Å². The van der Waals surface area contributed by atoms with Crippen LogP contribution < -0.4 is 0 Å². The van der Waals surface area contributed by atoms with Crippen molar-refractivity contribution in [1.29, 1.82) is 0 Å². The van der Waals surface area contributed by atoms with Crippen molar-refractivity contribution < 1.29 is 14.6 Å². The highest BCUT2D eigenvalue weighted by Gasteiger charge is 2.44. The first-order valence-electron chi connectivity index (χ1n) is 11.8. The summed E-state index contributed by atoms with van der Waals surface area (Å²) >= 11 is 0. The van der Waals surface area contributed by atoms with Gasteiger partial charge in [0.1, 0.15) is 11.7 Å². The van der Waals surface area contributed by atoms with E-state index in [-0.39, 0.29) is 17.5 Å². The van der Waals surface area contributed by atoms with Gasteiger partial charge in [-0.25, -0.2) is 0 Å². The molecule has 3 heteroatoms. The number of hydrogen-bond acceptors (Lipinski definition) is 3. The molecule has 168 valence electrons.